The molecule has 0 saturated heterocycles. The van der Waals surface area contributed by atoms with Gasteiger partial charge in [-0.2, -0.15) is 11.8 Å². The number of thiophene rings is 1. The monoisotopic (exact) mass is 309 g/mol. The van der Waals surface area contributed by atoms with E-state index in [1.54, 1.807) is 24.8 Å². The second kappa shape index (κ2) is 6.91. The number of hydrogen-bond acceptors (Lipinski definition) is 5. The lowest BCUT2D eigenvalue weighted by Gasteiger charge is -2.13. The molecule has 0 saturated carbocycles. The summed E-state index contributed by atoms with van der Waals surface area (Å²) >= 11 is 3.01. The van der Waals surface area contributed by atoms with Crippen molar-refractivity contribution in [2.45, 2.75) is 38.3 Å². The highest BCUT2D eigenvalue weighted by atomic mass is 32.2. The Kier molecular flexibility index (Phi) is 6.13. The molecule has 4 nitrogen and oxygen atoms in total. The molecule has 1 aromatic rings. The van der Waals surface area contributed by atoms with Crippen LogP contribution in [0, 0.1) is 6.92 Å². The molecule has 0 fully saturated rings. The Balaban J connectivity index is 2.82. The van der Waals surface area contributed by atoms with E-state index in [1.807, 2.05) is 13.8 Å². The van der Waals surface area contributed by atoms with Crippen molar-refractivity contribution in [2.75, 3.05) is 11.5 Å². The predicted molar refractivity (Wildman–Crippen MR) is 77.8 cm³/mol. The third-order valence-corrected chi connectivity index (χ3v) is 6.32. The minimum Gasteiger partial charge on any atom is -0.391 e. The molecule has 0 aliphatic rings. The Labute approximate surface area is 117 Å². The molecule has 1 rings (SSSR count). The van der Waals surface area contributed by atoms with Gasteiger partial charge >= 0.3 is 0 Å². The van der Waals surface area contributed by atoms with Crippen LogP contribution in [0.3, 0.4) is 0 Å². The van der Waals surface area contributed by atoms with Crippen LogP contribution in [-0.4, -0.2) is 31.1 Å². The third kappa shape index (κ3) is 4.24. The van der Waals surface area contributed by atoms with Crippen LogP contribution in [0.1, 0.15) is 23.6 Å². The molecule has 1 unspecified atom stereocenters. The summed E-state index contributed by atoms with van der Waals surface area (Å²) in [6.45, 7) is 5.53. The third-order valence-electron chi connectivity index (χ3n) is 2.30. The standard InChI is InChI=1S/C11H19NO3S3/c1-4-16-7-8(2)12-18(14,15)11-5-10(6-13)17-9(11)3/h5,8,12-13H,4,6-7H2,1-3H3. The van der Waals surface area contributed by atoms with E-state index in [9.17, 15) is 8.42 Å². The summed E-state index contributed by atoms with van der Waals surface area (Å²) in [5.74, 6) is 1.73. The minimum absolute atomic E-state index is 0.100. The predicted octanol–water partition coefficient (Wildman–Crippen LogP) is 1.97. The van der Waals surface area contributed by atoms with Gasteiger partial charge in [-0.1, -0.05) is 6.92 Å². The molecule has 0 radical (unpaired) electrons. The molecule has 0 amide bonds. The van der Waals surface area contributed by atoms with Crippen LogP contribution in [-0.2, 0) is 16.6 Å². The van der Waals surface area contributed by atoms with Crippen LogP contribution >= 0.6 is 23.1 Å². The Bertz CT molecular complexity index is 482. The maximum Gasteiger partial charge on any atom is 0.241 e. The van der Waals surface area contributed by atoms with Crippen molar-refractivity contribution < 1.29 is 13.5 Å². The largest absolute Gasteiger partial charge is 0.391 e. The lowest BCUT2D eigenvalue weighted by molar-refractivity contribution is 0.285. The molecule has 0 aromatic carbocycles. The van der Waals surface area contributed by atoms with Crippen molar-refractivity contribution in [2.24, 2.45) is 0 Å². The SMILES string of the molecule is CCSCC(C)NS(=O)(=O)c1cc(CO)sc1C. The van der Waals surface area contributed by atoms with Gasteiger partial charge in [0.2, 0.25) is 10.0 Å². The van der Waals surface area contributed by atoms with Crippen molar-refractivity contribution in [1.29, 1.82) is 0 Å². The Morgan fingerprint density at radius 1 is 1.56 bits per heavy atom. The zero-order valence-electron chi connectivity index (χ0n) is 10.8. The molecule has 104 valence electrons. The Morgan fingerprint density at radius 2 is 2.22 bits per heavy atom. The minimum atomic E-state index is -3.47. The molecule has 0 aliphatic heterocycles. The zero-order valence-corrected chi connectivity index (χ0v) is 13.2. The van der Waals surface area contributed by atoms with Gasteiger partial charge in [0, 0.05) is 21.5 Å². The molecule has 1 aromatic heterocycles. The number of aryl methyl sites for hydroxylation is 1. The number of hydrogen-bond donors (Lipinski definition) is 2. The fourth-order valence-corrected chi connectivity index (χ4v) is 5.04. The Morgan fingerprint density at radius 3 is 2.72 bits per heavy atom. The highest BCUT2D eigenvalue weighted by molar-refractivity contribution is 7.99. The van der Waals surface area contributed by atoms with E-state index in [-0.39, 0.29) is 17.5 Å². The van der Waals surface area contributed by atoms with Crippen molar-refractivity contribution in [1.82, 2.24) is 4.72 Å². The first-order chi connectivity index (χ1) is 8.40. The van der Waals surface area contributed by atoms with Gasteiger partial charge in [-0.3, -0.25) is 0 Å². The van der Waals surface area contributed by atoms with Crippen LogP contribution in [0.25, 0.3) is 0 Å². The molecule has 2 N–H and O–H groups in total. The first kappa shape index (κ1) is 16.0. The van der Waals surface area contributed by atoms with Gasteiger partial charge in [-0.25, -0.2) is 13.1 Å². The molecule has 18 heavy (non-hydrogen) atoms. The summed E-state index contributed by atoms with van der Waals surface area (Å²) < 4.78 is 27.0. The number of rotatable bonds is 7. The number of aliphatic hydroxyl groups excluding tert-OH is 1. The molecular weight excluding hydrogens is 290 g/mol. The van der Waals surface area contributed by atoms with Crippen molar-refractivity contribution in [3.05, 3.63) is 15.8 Å². The molecule has 0 bridgehead atoms. The number of nitrogens with one attached hydrogen (secondary N) is 1. The van der Waals surface area contributed by atoms with Crippen molar-refractivity contribution >= 4 is 33.1 Å². The average molecular weight is 309 g/mol. The second-order valence-corrected chi connectivity index (χ2v) is 8.32. The van der Waals surface area contributed by atoms with Crippen LogP contribution < -0.4 is 4.72 Å². The van der Waals surface area contributed by atoms with E-state index in [2.05, 4.69) is 4.72 Å². The van der Waals surface area contributed by atoms with Crippen LogP contribution in [0.5, 0.6) is 0 Å². The van der Waals surface area contributed by atoms with Gasteiger partial charge < -0.3 is 5.11 Å². The van der Waals surface area contributed by atoms with Crippen molar-refractivity contribution in [3.63, 3.8) is 0 Å². The maximum atomic E-state index is 12.2. The summed E-state index contributed by atoms with van der Waals surface area (Å²) in [4.78, 5) is 1.66. The fraction of sp³-hybridized carbons (Fsp3) is 0.636. The van der Waals surface area contributed by atoms with Crippen molar-refractivity contribution in [3.8, 4) is 0 Å². The number of thioether (sulfide) groups is 1. The molecule has 1 atom stereocenters. The summed E-state index contributed by atoms with van der Waals surface area (Å²) in [6.07, 6.45) is 0. The topological polar surface area (TPSA) is 66.4 Å². The maximum absolute atomic E-state index is 12.2. The number of aliphatic hydroxyl groups is 1. The molecule has 0 aliphatic carbocycles. The van der Waals surface area contributed by atoms with Gasteiger partial charge in [-0.05, 0) is 25.7 Å². The first-order valence-corrected chi connectivity index (χ1v) is 9.16. The van der Waals surface area contributed by atoms with Gasteiger partial charge in [0.1, 0.15) is 0 Å². The van der Waals surface area contributed by atoms with Gasteiger partial charge in [0.05, 0.1) is 11.5 Å². The zero-order chi connectivity index (χ0) is 13.8. The smallest absolute Gasteiger partial charge is 0.241 e. The highest BCUT2D eigenvalue weighted by Gasteiger charge is 2.21. The first-order valence-electron chi connectivity index (χ1n) is 5.71. The normalized spacial score (nSPS) is 13.8. The van der Waals surface area contributed by atoms with E-state index in [1.165, 1.54) is 11.3 Å². The van der Waals surface area contributed by atoms with E-state index >= 15 is 0 Å². The highest BCUT2D eigenvalue weighted by Crippen LogP contribution is 2.25. The van der Waals surface area contributed by atoms with Crippen LogP contribution in [0.4, 0.5) is 0 Å². The molecule has 1 heterocycles. The average Bonchev–Trinajstić information content (AvgIpc) is 2.68. The lowest BCUT2D eigenvalue weighted by Crippen LogP contribution is -2.34. The van der Waals surface area contributed by atoms with Gasteiger partial charge in [-0.15, -0.1) is 11.3 Å². The van der Waals surface area contributed by atoms with Crippen LogP contribution in [0.15, 0.2) is 11.0 Å². The van der Waals surface area contributed by atoms with Gasteiger partial charge in [0.15, 0.2) is 0 Å². The summed E-state index contributed by atoms with van der Waals surface area (Å²) in [5.41, 5.74) is 0. The molecule has 7 heteroatoms. The van der Waals surface area contributed by atoms with E-state index in [4.69, 9.17) is 5.11 Å². The van der Waals surface area contributed by atoms with Gasteiger partial charge in [0.25, 0.3) is 0 Å². The molecular formula is C11H19NO3S3. The van der Waals surface area contributed by atoms with E-state index in [0.717, 1.165) is 11.5 Å². The second-order valence-electron chi connectivity index (χ2n) is 3.97. The summed E-state index contributed by atoms with van der Waals surface area (Å²) in [6, 6.07) is 1.44. The Hall–Kier alpha value is -0.0800. The summed E-state index contributed by atoms with van der Waals surface area (Å²) in [7, 11) is -3.47. The van der Waals surface area contributed by atoms with E-state index in [0.29, 0.717) is 9.75 Å². The lowest BCUT2D eigenvalue weighted by atomic mass is 10.4. The number of sulfonamides is 1. The fourth-order valence-electron chi connectivity index (χ4n) is 1.53. The quantitative estimate of drug-likeness (QED) is 0.808. The summed E-state index contributed by atoms with van der Waals surface area (Å²) in [5, 5.41) is 9.03. The molecule has 0 spiro atoms. The van der Waals surface area contributed by atoms with E-state index < -0.39 is 10.0 Å². The van der Waals surface area contributed by atoms with Crippen LogP contribution in [0.2, 0.25) is 0 Å².